The highest BCUT2D eigenvalue weighted by molar-refractivity contribution is 6.00. The number of esters is 1. The Labute approximate surface area is 174 Å². The molecular weight excluding hydrogens is 383 g/mol. The molecule has 2 aromatic carbocycles. The smallest absolute Gasteiger partial charge is 0.338 e. The summed E-state index contributed by atoms with van der Waals surface area (Å²) >= 11 is 0. The molecule has 0 spiro atoms. The molecule has 0 saturated heterocycles. The number of hydrogen-bond acceptors (Lipinski definition) is 4. The Morgan fingerprint density at radius 1 is 1.07 bits per heavy atom. The molecule has 0 saturated carbocycles. The first-order chi connectivity index (χ1) is 14.4. The molecule has 0 radical (unpaired) electrons. The molecule has 0 aliphatic carbocycles. The van der Waals surface area contributed by atoms with Crippen molar-refractivity contribution in [2.24, 2.45) is 0 Å². The summed E-state index contributed by atoms with van der Waals surface area (Å²) < 4.78 is 20.2. The molecule has 0 aliphatic rings. The molecule has 1 heterocycles. The summed E-state index contributed by atoms with van der Waals surface area (Å²) in [5.41, 5.74) is 3.97. The van der Waals surface area contributed by atoms with E-state index in [2.05, 4.69) is 0 Å². The van der Waals surface area contributed by atoms with E-state index in [1.54, 1.807) is 18.2 Å². The second-order valence-electron chi connectivity index (χ2n) is 7.00. The first-order valence-electron chi connectivity index (χ1n) is 9.50. The summed E-state index contributed by atoms with van der Waals surface area (Å²) in [5.74, 6) is -1.16. The van der Waals surface area contributed by atoms with Crippen molar-refractivity contribution in [1.29, 1.82) is 5.26 Å². The largest absolute Gasteiger partial charge is 0.454 e. The van der Waals surface area contributed by atoms with Crippen LogP contribution in [0, 0.1) is 31.0 Å². The lowest BCUT2D eigenvalue weighted by atomic mass is 10.1. The summed E-state index contributed by atoms with van der Waals surface area (Å²) in [5, 5.41) is 8.81. The number of aromatic nitrogens is 1. The van der Waals surface area contributed by atoms with Gasteiger partial charge in [0.1, 0.15) is 5.82 Å². The second-order valence-corrected chi connectivity index (χ2v) is 7.00. The summed E-state index contributed by atoms with van der Waals surface area (Å²) in [4.78, 5) is 24.7. The molecule has 0 amide bonds. The lowest BCUT2D eigenvalue weighted by Gasteiger charge is -2.10. The monoisotopic (exact) mass is 404 g/mol. The van der Waals surface area contributed by atoms with Crippen molar-refractivity contribution in [2.45, 2.75) is 26.8 Å². The number of halogens is 1. The van der Waals surface area contributed by atoms with E-state index in [4.69, 9.17) is 10.00 Å². The zero-order valence-corrected chi connectivity index (χ0v) is 16.8. The van der Waals surface area contributed by atoms with Crippen molar-refractivity contribution >= 4 is 11.8 Å². The van der Waals surface area contributed by atoms with Crippen LogP contribution in [0.15, 0.2) is 54.6 Å². The molecule has 0 atom stereocenters. The van der Waals surface area contributed by atoms with Crippen LogP contribution in [-0.4, -0.2) is 22.9 Å². The number of carbonyl (C=O) groups is 2. The van der Waals surface area contributed by atoms with Gasteiger partial charge in [-0.1, -0.05) is 12.1 Å². The second kappa shape index (κ2) is 9.19. The van der Waals surface area contributed by atoms with E-state index < -0.39 is 5.97 Å². The Balaban J connectivity index is 1.63. The van der Waals surface area contributed by atoms with Crippen LogP contribution in [0.1, 0.15) is 43.2 Å². The van der Waals surface area contributed by atoms with E-state index in [9.17, 15) is 14.0 Å². The zero-order valence-electron chi connectivity index (χ0n) is 16.8. The minimum absolute atomic E-state index is 0.268. The lowest BCUT2D eigenvalue weighted by molar-refractivity contribution is 0.0474. The van der Waals surface area contributed by atoms with Crippen molar-refractivity contribution in [3.8, 4) is 6.07 Å². The lowest BCUT2D eigenvalue weighted by Crippen LogP contribution is -2.15. The molecule has 3 aromatic rings. The van der Waals surface area contributed by atoms with Crippen LogP contribution < -0.4 is 0 Å². The minimum atomic E-state index is -0.613. The number of nitriles is 1. The van der Waals surface area contributed by atoms with Gasteiger partial charge in [0.25, 0.3) is 0 Å². The quantitative estimate of drug-likeness (QED) is 0.432. The number of Topliss-reactive ketones (excluding diaryl/α,β-unsaturated/α-hetero) is 1. The summed E-state index contributed by atoms with van der Waals surface area (Å²) in [6, 6.07) is 16.2. The summed E-state index contributed by atoms with van der Waals surface area (Å²) in [6.07, 6.45) is 0.706. The molecule has 0 aliphatic heterocycles. The van der Waals surface area contributed by atoms with Gasteiger partial charge < -0.3 is 9.30 Å². The van der Waals surface area contributed by atoms with E-state index >= 15 is 0 Å². The normalized spacial score (nSPS) is 10.5. The fourth-order valence-electron chi connectivity index (χ4n) is 3.29. The highest BCUT2D eigenvalue weighted by Gasteiger charge is 2.18. The van der Waals surface area contributed by atoms with Crippen molar-refractivity contribution in [2.75, 3.05) is 6.61 Å². The average Bonchev–Trinajstić information content (AvgIpc) is 3.05. The Hall–Kier alpha value is -3.72. The number of aryl methyl sites for hydroxylation is 2. The van der Waals surface area contributed by atoms with Crippen molar-refractivity contribution < 1.29 is 18.7 Å². The van der Waals surface area contributed by atoms with Gasteiger partial charge in [0, 0.05) is 23.5 Å². The maximum absolute atomic E-state index is 13.1. The number of nitrogens with zero attached hydrogens (tertiary/aromatic N) is 2. The first kappa shape index (κ1) is 21.0. The Bertz CT molecular complexity index is 1110. The van der Waals surface area contributed by atoms with Crippen LogP contribution in [0.5, 0.6) is 0 Å². The van der Waals surface area contributed by atoms with Gasteiger partial charge in [0.05, 0.1) is 17.2 Å². The molecule has 0 fully saturated rings. The third-order valence-corrected chi connectivity index (χ3v) is 5.00. The third kappa shape index (κ3) is 4.81. The van der Waals surface area contributed by atoms with Gasteiger partial charge in [0.15, 0.2) is 6.61 Å². The van der Waals surface area contributed by atoms with Crippen LogP contribution in [0.2, 0.25) is 0 Å². The Kier molecular flexibility index (Phi) is 6.43. The molecule has 0 bridgehead atoms. The Morgan fingerprint density at radius 2 is 1.73 bits per heavy atom. The number of hydrogen-bond donors (Lipinski definition) is 0. The molecule has 1 aromatic heterocycles. The third-order valence-electron chi connectivity index (χ3n) is 5.00. The maximum Gasteiger partial charge on any atom is 0.338 e. The van der Waals surface area contributed by atoms with E-state index in [0.29, 0.717) is 24.1 Å². The molecule has 0 N–H and O–H groups in total. The fraction of sp³-hybridized carbons (Fsp3) is 0.208. The molecule has 152 valence electrons. The highest BCUT2D eigenvalue weighted by Crippen LogP contribution is 2.17. The van der Waals surface area contributed by atoms with Crippen LogP contribution >= 0.6 is 0 Å². The molecule has 30 heavy (non-hydrogen) atoms. The van der Waals surface area contributed by atoms with E-state index in [0.717, 1.165) is 17.0 Å². The van der Waals surface area contributed by atoms with Crippen LogP contribution in [-0.2, 0) is 17.7 Å². The number of carbonyl (C=O) groups excluding carboxylic acids is 2. The molecule has 3 rings (SSSR count). The van der Waals surface area contributed by atoms with Crippen molar-refractivity contribution in [3.05, 3.63) is 94.1 Å². The van der Waals surface area contributed by atoms with Crippen LogP contribution in [0.4, 0.5) is 4.39 Å². The average molecular weight is 404 g/mol. The van der Waals surface area contributed by atoms with Gasteiger partial charge in [-0.15, -0.1) is 0 Å². The van der Waals surface area contributed by atoms with Gasteiger partial charge in [0.2, 0.25) is 5.78 Å². The van der Waals surface area contributed by atoms with E-state index in [1.807, 2.05) is 24.5 Å². The SMILES string of the molecule is Cc1cc(C(=O)COC(=O)c2ccc(C#N)cc2)c(C)n1CCc1ccc(F)cc1. The van der Waals surface area contributed by atoms with Crippen molar-refractivity contribution in [1.82, 2.24) is 4.57 Å². The first-order valence-corrected chi connectivity index (χ1v) is 9.50. The zero-order chi connectivity index (χ0) is 21.7. The van der Waals surface area contributed by atoms with Gasteiger partial charge in [-0.05, 0) is 68.3 Å². The van der Waals surface area contributed by atoms with E-state index in [-0.39, 0.29) is 23.8 Å². The van der Waals surface area contributed by atoms with Crippen molar-refractivity contribution in [3.63, 3.8) is 0 Å². The van der Waals surface area contributed by atoms with Gasteiger partial charge in [-0.3, -0.25) is 4.79 Å². The van der Waals surface area contributed by atoms with Gasteiger partial charge in [-0.2, -0.15) is 5.26 Å². The number of rotatable bonds is 7. The van der Waals surface area contributed by atoms with Crippen LogP contribution in [0.25, 0.3) is 0 Å². The number of ketones is 1. The maximum atomic E-state index is 13.1. The molecular formula is C24H21FN2O3. The standard InChI is InChI=1S/C24H21FN2O3/c1-16-13-22(17(2)27(16)12-11-18-5-9-21(25)10-6-18)23(28)15-30-24(29)20-7-3-19(14-26)4-8-20/h3-10,13H,11-12,15H2,1-2H3. The summed E-state index contributed by atoms with van der Waals surface area (Å²) in [7, 11) is 0. The minimum Gasteiger partial charge on any atom is -0.454 e. The number of benzene rings is 2. The van der Waals surface area contributed by atoms with E-state index in [1.165, 1.54) is 36.4 Å². The highest BCUT2D eigenvalue weighted by atomic mass is 19.1. The molecule has 0 unspecified atom stereocenters. The molecule has 5 nitrogen and oxygen atoms in total. The number of ether oxygens (including phenoxy) is 1. The Morgan fingerprint density at radius 3 is 2.37 bits per heavy atom. The predicted octanol–water partition coefficient (Wildman–Crippen LogP) is 4.40. The summed E-state index contributed by atoms with van der Waals surface area (Å²) in [6.45, 7) is 4.06. The van der Waals surface area contributed by atoms with Crippen LogP contribution in [0.3, 0.4) is 0 Å². The topological polar surface area (TPSA) is 72.1 Å². The predicted molar refractivity (Wildman–Crippen MR) is 110 cm³/mol. The molecule has 6 heteroatoms. The fourth-order valence-corrected chi connectivity index (χ4v) is 3.29. The van der Waals surface area contributed by atoms with Gasteiger partial charge in [-0.25, -0.2) is 9.18 Å². The van der Waals surface area contributed by atoms with Gasteiger partial charge >= 0.3 is 5.97 Å².